The summed E-state index contributed by atoms with van der Waals surface area (Å²) in [5.74, 6) is -0.666. The largest absolute Gasteiger partial charge is 0.506 e. The quantitative estimate of drug-likeness (QED) is 0.283. The third-order valence-electron chi connectivity index (χ3n) is 3.89. The van der Waals surface area contributed by atoms with Crippen molar-refractivity contribution in [3.8, 4) is 28.5 Å². The van der Waals surface area contributed by atoms with Gasteiger partial charge >= 0.3 is 5.63 Å². The van der Waals surface area contributed by atoms with Crippen LogP contribution < -0.4 is 5.63 Å². The minimum atomic E-state index is -0.699. The summed E-state index contributed by atoms with van der Waals surface area (Å²) >= 11 is 1.22. The molecule has 2 aromatic carbocycles. The molecule has 0 bridgehead atoms. The highest BCUT2D eigenvalue weighted by molar-refractivity contribution is 7.13. The second-order valence-electron chi connectivity index (χ2n) is 5.62. The van der Waals surface area contributed by atoms with Crippen LogP contribution in [0, 0.1) is 0 Å². The van der Waals surface area contributed by atoms with Gasteiger partial charge in [0.1, 0.15) is 16.9 Å². The molecule has 0 saturated carbocycles. The maximum Gasteiger partial charge on any atom is 0.348 e. The Labute approximate surface area is 156 Å². The number of nitrogens with zero attached hydrogens (tertiary/aromatic N) is 2. The molecule has 0 radical (unpaired) electrons. The summed E-state index contributed by atoms with van der Waals surface area (Å²) in [6.07, 6.45) is 1.21. The Hall–Kier alpha value is -3.65. The van der Waals surface area contributed by atoms with E-state index >= 15 is 0 Å². The Morgan fingerprint density at radius 3 is 2.70 bits per heavy atom. The minimum absolute atomic E-state index is 0.0623. The van der Waals surface area contributed by atoms with E-state index in [-0.39, 0.29) is 22.8 Å². The van der Waals surface area contributed by atoms with Gasteiger partial charge in [0.05, 0.1) is 11.1 Å². The fourth-order valence-corrected chi connectivity index (χ4v) is 3.19. The lowest BCUT2D eigenvalue weighted by atomic mass is 10.1. The first-order valence-corrected chi connectivity index (χ1v) is 8.67. The van der Waals surface area contributed by atoms with Gasteiger partial charge in [-0.25, -0.2) is 14.8 Å². The van der Waals surface area contributed by atoms with Crippen LogP contribution in [0.5, 0.6) is 17.2 Å². The number of aliphatic imine (C=N–C) groups is 1. The molecule has 0 saturated heterocycles. The van der Waals surface area contributed by atoms with Crippen molar-refractivity contribution < 1.29 is 19.7 Å². The van der Waals surface area contributed by atoms with Crippen molar-refractivity contribution in [1.29, 1.82) is 0 Å². The van der Waals surface area contributed by atoms with Crippen LogP contribution in [0.1, 0.15) is 5.56 Å². The molecule has 0 amide bonds. The summed E-state index contributed by atoms with van der Waals surface area (Å²) < 4.78 is 5.19. The van der Waals surface area contributed by atoms with E-state index in [2.05, 4.69) is 9.98 Å². The van der Waals surface area contributed by atoms with Crippen LogP contribution in [0.4, 0.5) is 5.13 Å². The number of benzene rings is 2. The standard InChI is InChI=1S/C19H12N2O5S/c22-14-6-5-10(7-15(14)23)13-9-27-19(21-13)20-8-12-17(24)11-3-1-2-4-16(11)26-18(12)25/h1-9,22-24H. The zero-order valence-electron chi connectivity index (χ0n) is 13.7. The van der Waals surface area contributed by atoms with E-state index in [4.69, 9.17) is 4.42 Å². The van der Waals surface area contributed by atoms with Crippen molar-refractivity contribution in [3.05, 3.63) is 63.8 Å². The maximum atomic E-state index is 12.1. The molecular weight excluding hydrogens is 368 g/mol. The van der Waals surface area contributed by atoms with E-state index in [1.807, 2.05) is 0 Å². The van der Waals surface area contributed by atoms with Crippen LogP contribution in [0.15, 0.2) is 62.0 Å². The van der Waals surface area contributed by atoms with Gasteiger partial charge in [-0.2, -0.15) is 0 Å². The van der Waals surface area contributed by atoms with Crippen LogP contribution in [0.3, 0.4) is 0 Å². The molecular formula is C19H12N2O5S. The molecule has 0 aliphatic heterocycles. The molecule has 2 heterocycles. The number of fused-ring (bicyclic) bond motifs is 1. The molecule has 0 aliphatic carbocycles. The van der Waals surface area contributed by atoms with Gasteiger partial charge in [-0.3, -0.25) is 0 Å². The maximum absolute atomic E-state index is 12.1. The van der Waals surface area contributed by atoms with Gasteiger partial charge in [-0.05, 0) is 30.3 Å². The van der Waals surface area contributed by atoms with Gasteiger partial charge in [0.15, 0.2) is 11.5 Å². The van der Waals surface area contributed by atoms with Crippen molar-refractivity contribution in [3.63, 3.8) is 0 Å². The highest BCUT2D eigenvalue weighted by atomic mass is 32.1. The molecule has 134 valence electrons. The summed E-state index contributed by atoms with van der Waals surface area (Å²) in [6, 6.07) is 11.0. The van der Waals surface area contributed by atoms with Crippen molar-refractivity contribution >= 4 is 33.7 Å². The summed E-state index contributed by atoms with van der Waals surface area (Å²) in [5, 5.41) is 31.8. The van der Waals surface area contributed by atoms with E-state index in [1.165, 1.54) is 29.7 Å². The van der Waals surface area contributed by atoms with Crippen LogP contribution >= 0.6 is 11.3 Å². The molecule has 0 spiro atoms. The van der Waals surface area contributed by atoms with E-state index < -0.39 is 5.63 Å². The molecule has 3 N–H and O–H groups in total. The molecule has 0 fully saturated rings. The van der Waals surface area contributed by atoms with Crippen molar-refractivity contribution in [2.45, 2.75) is 0 Å². The average Bonchev–Trinajstić information content (AvgIpc) is 3.13. The van der Waals surface area contributed by atoms with E-state index in [9.17, 15) is 20.1 Å². The first-order valence-electron chi connectivity index (χ1n) is 7.79. The van der Waals surface area contributed by atoms with Crippen LogP contribution in [0.2, 0.25) is 0 Å². The lowest BCUT2D eigenvalue weighted by molar-refractivity contribution is 0.404. The zero-order valence-corrected chi connectivity index (χ0v) is 14.5. The number of para-hydroxylation sites is 1. The molecule has 7 nitrogen and oxygen atoms in total. The number of aromatic nitrogens is 1. The first kappa shape index (κ1) is 16.8. The van der Waals surface area contributed by atoms with Crippen LogP contribution in [-0.2, 0) is 0 Å². The molecule has 0 unspecified atom stereocenters. The number of hydrogen-bond donors (Lipinski definition) is 3. The van der Waals surface area contributed by atoms with Gasteiger partial charge in [-0.15, -0.1) is 11.3 Å². The summed E-state index contributed by atoms with van der Waals surface area (Å²) in [5.41, 5.74) is 0.692. The van der Waals surface area contributed by atoms with Gasteiger partial charge < -0.3 is 19.7 Å². The second kappa shape index (κ2) is 6.58. The molecule has 2 aromatic heterocycles. The SMILES string of the molecule is O=c1oc2ccccc2c(O)c1C=Nc1nc(-c2ccc(O)c(O)c2)cs1. The van der Waals surface area contributed by atoms with Gasteiger partial charge in [-0.1, -0.05) is 12.1 Å². The molecule has 0 aliphatic rings. The van der Waals surface area contributed by atoms with Crippen molar-refractivity contribution in [2.24, 2.45) is 4.99 Å². The minimum Gasteiger partial charge on any atom is -0.506 e. The molecule has 4 rings (SSSR count). The molecule has 8 heteroatoms. The summed E-state index contributed by atoms with van der Waals surface area (Å²) in [7, 11) is 0. The molecule has 4 aromatic rings. The zero-order chi connectivity index (χ0) is 19.0. The Kier molecular flexibility index (Phi) is 4.09. The number of rotatable bonds is 3. The van der Waals surface area contributed by atoms with Gasteiger partial charge in [0.25, 0.3) is 0 Å². The number of phenols is 2. The van der Waals surface area contributed by atoms with E-state index in [0.717, 1.165) is 0 Å². The van der Waals surface area contributed by atoms with E-state index in [1.54, 1.807) is 35.7 Å². The van der Waals surface area contributed by atoms with Crippen LogP contribution in [-0.4, -0.2) is 26.5 Å². The molecule has 27 heavy (non-hydrogen) atoms. The number of aromatic hydroxyl groups is 3. The van der Waals surface area contributed by atoms with Crippen LogP contribution in [0.25, 0.3) is 22.2 Å². The Morgan fingerprint density at radius 1 is 1.07 bits per heavy atom. The average molecular weight is 380 g/mol. The lowest BCUT2D eigenvalue weighted by Crippen LogP contribution is -2.06. The summed E-state index contributed by atoms with van der Waals surface area (Å²) in [4.78, 5) is 20.5. The second-order valence-corrected chi connectivity index (χ2v) is 6.46. The Bertz CT molecular complexity index is 1240. The normalized spacial score (nSPS) is 11.4. The predicted octanol–water partition coefficient (Wildman–Crippen LogP) is 3.78. The number of phenolic OH excluding ortho intramolecular Hbond substituents is 2. The molecule has 0 atom stereocenters. The van der Waals surface area contributed by atoms with Gasteiger partial charge in [0, 0.05) is 17.2 Å². The first-order chi connectivity index (χ1) is 13.0. The highest BCUT2D eigenvalue weighted by Crippen LogP contribution is 2.33. The fraction of sp³-hybridized carbons (Fsp3) is 0. The van der Waals surface area contributed by atoms with Crippen molar-refractivity contribution in [2.75, 3.05) is 0 Å². The lowest BCUT2D eigenvalue weighted by Gasteiger charge is -2.01. The smallest absolute Gasteiger partial charge is 0.348 e. The topological polar surface area (TPSA) is 116 Å². The summed E-state index contributed by atoms with van der Waals surface area (Å²) in [6.45, 7) is 0. The number of thiazole rings is 1. The van der Waals surface area contributed by atoms with E-state index in [0.29, 0.717) is 27.4 Å². The Morgan fingerprint density at radius 2 is 1.89 bits per heavy atom. The fourth-order valence-electron chi connectivity index (χ4n) is 2.52. The Balaban J connectivity index is 1.68. The number of hydrogen-bond acceptors (Lipinski definition) is 8. The van der Waals surface area contributed by atoms with Crippen molar-refractivity contribution in [1.82, 2.24) is 4.98 Å². The monoisotopic (exact) mass is 380 g/mol. The predicted molar refractivity (Wildman–Crippen MR) is 102 cm³/mol. The van der Waals surface area contributed by atoms with Gasteiger partial charge in [0.2, 0.25) is 5.13 Å². The highest BCUT2D eigenvalue weighted by Gasteiger charge is 2.12. The third-order valence-corrected chi connectivity index (χ3v) is 4.64. The third kappa shape index (κ3) is 3.13.